The largest absolute Gasteiger partial charge is 0.508 e. The average molecular weight is 310 g/mol. The Balaban J connectivity index is 2.21. The molecule has 0 saturated carbocycles. The number of phenolic OH excluding ortho intramolecular Hbond substituents is 1. The van der Waals surface area contributed by atoms with Crippen molar-refractivity contribution in [2.24, 2.45) is 0 Å². The SMILES string of the molecule is CN(Cc1cc(Br)ccc1O)c1cccc(F)c1. The van der Waals surface area contributed by atoms with Gasteiger partial charge in [-0.3, -0.25) is 0 Å². The third-order valence-electron chi connectivity index (χ3n) is 2.70. The molecule has 0 unspecified atom stereocenters. The highest BCUT2D eigenvalue weighted by atomic mass is 79.9. The van der Waals surface area contributed by atoms with Gasteiger partial charge in [0.1, 0.15) is 11.6 Å². The Morgan fingerprint density at radius 3 is 2.72 bits per heavy atom. The summed E-state index contributed by atoms with van der Waals surface area (Å²) in [6.45, 7) is 0.509. The molecular formula is C14H13BrFNO. The molecule has 18 heavy (non-hydrogen) atoms. The molecule has 0 amide bonds. The van der Waals surface area contributed by atoms with E-state index in [1.54, 1.807) is 18.2 Å². The number of nitrogens with zero attached hydrogens (tertiary/aromatic N) is 1. The molecule has 0 bridgehead atoms. The van der Waals surface area contributed by atoms with Crippen LogP contribution in [0.25, 0.3) is 0 Å². The van der Waals surface area contributed by atoms with Crippen LogP contribution in [0.5, 0.6) is 5.75 Å². The van der Waals surface area contributed by atoms with Crippen molar-refractivity contribution in [1.82, 2.24) is 0 Å². The Morgan fingerprint density at radius 2 is 2.00 bits per heavy atom. The normalized spacial score (nSPS) is 10.4. The van der Waals surface area contributed by atoms with E-state index in [-0.39, 0.29) is 11.6 Å². The molecule has 94 valence electrons. The highest BCUT2D eigenvalue weighted by molar-refractivity contribution is 9.10. The zero-order valence-corrected chi connectivity index (χ0v) is 11.5. The van der Waals surface area contributed by atoms with Gasteiger partial charge in [-0.1, -0.05) is 22.0 Å². The molecule has 1 N–H and O–H groups in total. The van der Waals surface area contributed by atoms with Gasteiger partial charge in [0, 0.05) is 29.3 Å². The van der Waals surface area contributed by atoms with Gasteiger partial charge >= 0.3 is 0 Å². The molecule has 0 atom stereocenters. The monoisotopic (exact) mass is 309 g/mol. The second-order valence-corrected chi connectivity index (χ2v) is 5.02. The van der Waals surface area contributed by atoms with E-state index in [0.29, 0.717) is 6.54 Å². The maximum atomic E-state index is 13.1. The van der Waals surface area contributed by atoms with E-state index >= 15 is 0 Å². The summed E-state index contributed by atoms with van der Waals surface area (Å²) in [5, 5.41) is 9.76. The number of halogens is 2. The van der Waals surface area contributed by atoms with E-state index in [1.165, 1.54) is 12.1 Å². The first-order valence-corrected chi connectivity index (χ1v) is 6.29. The summed E-state index contributed by atoms with van der Waals surface area (Å²) in [6.07, 6.45) is 0. The van der Waals surface area contributed by atoms with Gasteiger partial charge in [-0.25, -0.2) is 4.39 Å². The first kappa shape index (κ1) is 12.9. The minimum atomic E-state index is -0.266. The van der Waals surface area contributed by atoms with E-state index in [0.717, 1.165) is 15.7 Å². The molecule has 0 radical (unpaired) electrons. The third-order valence-corrected chi connectivity index (χ3v) is 3.19. The minimum Gasteiger partial charge on any atom is -0.508 e. The van der Waals surface area contributed by atoms with Crippen LogP contribution < -0.4 is 4.90 Å². The molecule has 0 fully saturated rings. The van der Waals surface area contributed by atoms with Crippen molar-refractivity contribution in [3.63, 3.8) is 0 Å². The number of hydrogen-bond acceptors (Lipinski definition) is 2. The summed E-state index contributed by atoms with van der Waals surface area (Å²) in [7, 11) is 1.86. The van der Waals surface area contributed by atoms with Gasteiger partial charge in [-0.2, -0.15) is 0 Å². The van der Waals surface area contributed by atoms with Gasteiger partial charge < -0.3 is 10.0 Å². The summed E-state index contributed by atoms with van der Waals surface area (Å²) in [5.74, 6) is -0.0285. The molecule has 2 nitrogen and oxygen atoms in total. The van der Waals surface area contributed by atoms with Crippen molar-refractivity contribution in [1.29, 1.82) is 0 Å². The van der Waals surface area contributed by atoms with Crippen LogP contribution in [0.3, 0.4) is 0 Å². The molecule has 2 aromatic rings. The van der Waals surface area contributed by atoms with Crippen molar-refractivity contribution in [2.45, 2.75) is 6.54 Å². The smallest absolute Gasteiger partial charge is 0.125 e. The van der Waals surface area contributed by atoms with Crippen molar-refractivity contribution >= 4 is 21.6 Å². The standard InChI is InChI=1S/C14H13BrFNO/c1-17(13-4-2-3-12(16)8-13)9-10-7-11(15)5-6-14(10)18/h2-8,18H,9H2,1H3. The van der Waals surface area contributed by atoms with Crippen LogP contribution in [0.1, 0.15) is 5.56 Å². The molecule has 0 aliphatic rings. The predicted molar refractivity (Wildman–Crippen MR) is 74.3 cm³/mol. The van der Waals surface area contributed by atoms with Crippen LogP contribution in [-0.2, 0) is 6.54 Å². The number of benzene rings is 2. The van der Waals surface area contributed by atoms with Gasteiger partial charge in [-0.15, -0.1) is 0 Å². The fourth-order valence-electron chi connectivity index (χ4n) is 1.74. The van der Waals surface area contributed by atoms with E-state index in [2.05, 4.69) is 15.9 Å². The van der Waals surface area contributed by atoms with Gasteiger partial charge in [-0.05, 0) is 36.4 Å². The first-order valence-electron chi connectivity index (χ1n) is 5.50. The molecule has 2 rings (SSSR count). The fraction of sp³-hybridized carbons (Fsp3) is 0.143. The lowest BCUT2D eigenvalue weighted by atomic mass is 10.2. The molecule has 2 aromatic carbocycles. The summed E-state index contributed by atoms with van der Waals surface area (Å²) in [6, 6.07) is 11.6. The van der Waals surface area contributed by atoms with Crippen LogP contribution in [0.4, 0.5) is 10.1 Å². The summed E-state index contributed by atoms with van der Waals surface area (Å²) >= 11 is 3.36. The fourth-order valence-corrected chi connectivity index (χ4v) is 2.15. The van der Waals surface area contributed by atoms with Crippen LogP contribution in [0.15, 0.2) is 46.9 Å². The highest BCUT2D eigenvalue weighted by Gasteiger charge is 2.07. The Morgan fingerprint density at radius 1 is 1.22 bits per heavy atom. The average Bonchev–Trinajstić information content (AvgIpc) is 2.34. The molecule has 0 aliphatic carbocycles. The zero-order chi connectivity index (χ0) is 13.1. The summed E-state index contributed by atoms with van der Waals surface area (Å²) < 4.78 is 14.0. The van der Waals surface area contributed by atoms with E-state index in [9.17, 15) is 9.50 Å². The Kier molecular flexibility index (Phi) is 3.87. The maximum Gasteiger partial charge on any atom is 0.125 e. The van der Waals surface area contributed by atoms with Crippen molar-refractivity contribution in [3.8, 4) is 5.75 Å². The lowest BCUT2D eigenvalue weighted by molar-refractivity contribution is 0.467. The third kappa shape index (κ3) is 3.01. The summed E-state index contributed by atoms with van der Waals surface area (Å²) in [5.41, 5.74) is 1.56. The van der Waals surface area contributed by atoms with Gasteiger partial charge in [0.15, 0.2) is 0 Å². The topological polar surface area (TPSA) is 23.5 Å². The molecular weight excluding hydrogens is 297 g/mol. The predicted octanol–water partition coefficient (Wildman–Crippen LogP) is 3.93. The first-order chi connectivity index (χ1) is 8.56. The van der Waals surface area contributed by atoms with Gasteiger partial charge in [0.25, 0.3) is 0 Å². The lowest BCUT2D eigenvalue weighted by Crippen LogP contribution is -2.16. The van der Waals surface area contributed by atoms with E-state index in [4.69, 9.17) is 0 Å². The van der Waals surface area contributed by atoms with Crippen molar-refractivity contribution in [2.75, 3.05) is 11.9 Å². The molecule has 4 heteroatoms. The molecule has 0 aromatic heterocycles. The Labute approximate surface area is 114 Å². The second kappa shape index (κ2) is 5.40. The van der Waals surface area contributed by atoms with Crippen LogP contribution in [0.2, 0.25) is 0 Å². The van der Waals surface area contributed by atoms with Crippen molar-refractivity contribution in [3.05, 3.63) is 58.3 Å². The number of phenols is 1. The van der Waals surface area contributed by atoms with E-state index < -0.39 is 0 Å². The minimum absolute atomic E-state index is 0.237. The molecule has 0 spiro atoms. The zero-order valence-electron chi connectivity index (χ0n) is 9.90. The van der Waals surface area contributed by atoms with E-state index in [1.807, 2.05) is 24.1 Å². The van der Waals surface area contributed by atoms with Crippen molar-refractivity contribution < 1.29 is 9.50 Å². The molecule has 0 heterocycles. The Bertz CT molecular complexity index is 559. The maximum absolute atomic E-state index is 13.1. The second-order valence-electron chi connectivity index (χ2n) is 4.11. The van der Waals surface area contributed by atoms with Crippen LogP contribution in [0, 0.1) is 5.82 Å². The van der Waals surface area contributed by atoms with Crippen LogP contribution in [-0.4, -0.2) is 12.2 Å². The number of aromatic hydroxyl groups is 1. The summed E-state index contributed by atoms with van der Waals surface area (Å²) in [4.78, 5) is 1.88. The lowest BCUT2D eigenvalue weighted by Gasteiger charge is -2.20. The highest BCUT2D eigenvalue weighted by Crippen LogP contribution is 2.25. The number of rotatable bonds is 3. The molecule has 0 saturated heterocycles. The molecule has 0 aliphatic heterocycles. The Hall–Kier alpha value is -1.55. The van der Waals surface area contributed by atoms with Gasteiger partial charge in [0.2, 0.25) is 0 Å². The number of hydrogen-bond donors (Lipinski definition) is 1. The van der Waals surface area contributed by atoms with Gasteiger partial charge in [0.05, 0.1) is 0 Å². The van der Waals surface area contributed by atoms with Crippen LogP contribution >= 0.6 is 15.9 Å². The quantitative estimate of drug-likeness (QED) is 0.928. The number of anilines is 1.